The number of carbonyl (C=O) groups is 2. The fourth-order valence-electron chi connectivity index (χ4n) is 4.42. The summed E-state index contributed by atoms with van der Waals surface area (Å²) >= 11 is 0. The summed E-state index contributed by atoms with van der Waals surface area (Å²) in [6, 6.07) is 4.74. The van der Waals surface area contributed by atoms with Gasteiger partial charge in [-0.2, -0.15) is 0 Å². The van der Waals surface area contributed by atoms with Crippen LogP contribution in [0.5, 0.6) is 0 Å². The number of carbonyl (C=O) groups excluding carboxylic acids is 2. The van der Waals surface area contributed by atoms with Crippen LogP contribution in [-0.2, 0) is 11.3 Å². The van der Waals surface area contributed by atoms with E-state index in [0.29, 0.717) is 36.7 Å². The lowest BCUT2D eigenvalue weighted by Crippen LogP contribution is -2.41. The number of rotatable bonds is 5. The highest BCUT2D eigenvalue weighted by molar-refractivity contribution is 5.98. The van der Waals surface area contributed by atoms with E-state index in [1.54, 1.807) is 17.0 Å². The van der Waals surface area contributed by atoms with Crippen LogP contribution in [0, 0.1) is 11.7 Å². The van der Waals surface area contributed by atoms with Crippen molar-refractivity contribution in [2.45, 2.75) is 39.2 Å². The number of likely N-dealkylation sites (tertiary alicyclic amines) is 1. The van der Waals surface area contributed by atoms with Crippen LogP contribution in [0.1, 0.15) is 48.5 Å². The summed E-state index contributed by atoms with van der Waals surface area (Å²) in [4.78, 5) is 29.0. The van der Waals surface area contributed by atoms with Crippen molar-refractivity contribution in [1.82, 2.24) is 9.80 Å². The van der Waals surface area contributed by atoms with E-state index in [1.807, 2.05) is 6.08 Å². The van der Waals surface area contributed by atoms with Crippen molar-refractivity contribution in [2.24, 2.45) is 5.92 Å². The molecule has 0 unspecified atom stereocenters. The molecule has 148 valence electrons. The lowest BCUT2D eigenvalue weighted by molar-refractivity contribution is -0.117. The predicted octanol–water partition coefficient (Wildman–Crippen LogP) is 3.73. The van der Waals surface area contributed by atoms with Crippen LogP contribution < -0.4 is 0 Å². The van der Waals surface area contributed by atoms with Crippen LogP contribution in [0.15, 0.2) is 41.5 Å². The molecule has 0 aromatic heterocycles. The zero-order valence-corrected chi connectivity index (χ0v) is 16.4. The molecule has 1 aromatic rings. The van der Waals surface area contributed by atoms with E-state index in [2.05, 4.69) is 17.9 Å². The quantitative estimate of drug-likeness (QED) is 0.779. The van der Waals surface area contributed by atoms with Gasteiger partial charge in [0.1, 0.15) is 5.82 Å². The average molecular weight is 382 g/mol. The minimum absolute atomic E-state index is 0.0558. The van der Waals surface area contributed by atoms with Crippen molar-refractivity contribution in [3.8, 4) is 0 Å². The predicted molar refractivity (Wildman–Crippen MR) is 106 cm³/mol. The second-order valence-electron chi connectivity index (χ2n) is 8.30. The van der Waals surface area contributed by atoms with Crippen LogP contribution in [0.25, 0.3) is 0 Å². The van der Waals surface area contributed by atoms with Crippen molar-refractivity contribution < 1.29 is 14.0 Å². The summed E-state index contributed by atoms with van der Waals surface area (Å²) in [5.41, 5.74) is 3.31. The number of Topliss-reactive ketones (excluding diaryl/α,β-unsaturated/α-hetero) is 1. The average Bonchev–Trinajstić information content (AvgIpc) is 3.01. The molecule has 1 amide bonds. The zero-order chi connectivity index (χ0) is 19.7. The Bertz CT molecular complexity index is 850. The van der Waals surface area contributed by atoms with Gasteiger partial charge in [-0.1, -0.05) is 23.8 Å². The van der Waals surface area contributed by atoms with Gasteiger partial charge in [-0.15, -0.1) is 0 Å². The van der Waals surface area contributed by atoms with Crippen LogP contribution in [0.2, 0.25) is 0 Å². The van der Waals surface area contributed by atoms with Crippen LogP contribution in [-0.4, -0.2) is 47.7 Å². The molecule has 1 aliphatic carbocycles. The van der Waals surface area contributed by atoms with Gasteiger partial charge >= 0.3 is 0 Å². The maximum Gasteiger partial charge on any atom is 0.254 e. The second-order valence-corrected chi connectivity index (χ2v) is 8.30. The summed E-state index contributed by atoms with van der Waals surface area (Å²) in [6.45, 7) is 5.39. The van der Waals surface area contributed by atoms with Gasteiger partial charge in [-0.25, -0.2) is 4.39 Å². The van der Waals surface area contributed by atoms with Crippen LogP contribution >= 0.6 is 0 Å². The summed E-state index contributed by atoms with van der Waals surface area (Å²) in [7, 11) is 0. The summed E-state index contributed by atoms with van der Waals surface area (Å²) in [5.74, 6) is 0.304. The molecule has 4 rings (SSSR count). The molecule has 3 aliphatic rings. The van der Waals surface area contributed by atoms with Gasteiger partial charge in [-0.3, -0.25) is 14.5 Å². The Hall–Kier alpha value is -2.27. The summed E-state index contributed by atoms with van der Waals surface area (Å²) < 4.78 is 13.9. The molecule has 1 saturated heterocycles. The maximum atomic E-state index is 13.9. The molecule has 2 aliphatic heterocycles. The number of halogens is 1. The lowest BCUT2D eigenvalue weighted by Gasteiger charge is -2.33. The largest absolute Gasteiger partial charge is 0.334 e. The van der Waals surface area contributed by atoms with Gasteiger partial charge in [0.15, 0.2) is 5.78 Å². The SMILES string of the molecule is CC1=CC=C(C(=O)CN2CCC(CN3Cc4c(F)cccc4C3=O)CC2)CC1. The highest BCUT2D eigenvalue weighted by atomic mass is 19.1. The van der Waals surface area contributed by atoms with Crippen molar-refractivity contribution in [3.05, 3.63) is 58.4 Å². The van der Waals surface area contributed by atoms with E-state index >= 15 is 0 Å². The number of benzene rings is 1. The molecular weight excluding hydrogens is 355 g/mol. The molecule has 4 nitrogen and oxygen atoms in total. The van der Waals surface area contributed by atoms with Crippen LogP contribution in [0.4, 0.5) is 4.39 Å². The molecule has 0 N–H and O–H groups in total. The molecule has 2 heterocycles. The number of amides is 1. The third kappa shape index (κ3) is 3.95. The second kappa shape index (κ2) is 8.00. The summed E-state index contributed by atoms with van der Waals surface area (Å²) in [6.07, 6.45) is 7.79. The Morgan fingerprint density at radius 3 is 2.64 bits per heavy atom. The first kappa shape index (κ1) is 19.1. The summed E-state index contributed by atoms with van der Waals surface area (Å²) in [5, 5.41) is 0. The minimum Gasteiger partial charge on any atom is -0.334 e. The number of allylic oxidation sites excluding steroid dienone is 3. The van der Waals surface area contributed by atoms with Gasteiger partial charge in [0.05, 0.1) is 6.54 Å². The molecule has 1 aromatic carbocycles. The molecule has 28 heavy (non-hydrogen) atoms. The number of ketones is 1. The van der Waals surface area contributed by atoms with E-state index in [-0.39, 0.29) is 17.5 Å². The number of nitrogens with zero attached hydrogens (tertiary/aromatic N) is 2. The van der Waals surface area contributed by atoms with Crippen molar-refractivity contribution >= 4 is 11.7 Å². The number of hydrogen-bond donors (Lipinski definition) is 0. The molecule has 0 atom stereocenters. The Morgan fingerprint density at radius 2 is 1.96 bits per heavy atom. The van der Waals surface area contributed by atoms with Crippen molar-refractivity contribution in [3.63, 3.8) is 0 Å². The number of hydrogen-bond acceptors (Lipinski definition) is 3. The van der Waals surface area contributed by atoms with Gasteiger partial charge in [0.2, 0.25) is 0 Å². The molecular formula is C23H27FN2O2. The van der Waals surface area contributed by atoms with E-state index in [1.165, 1.54) is 11.6 Å². The topological polar surface area (TPSA) is 40.6 Å². The van der Waals surface area contributed by atoms with Crippen molar-refractivity contribution in [2.75, 3.05) is 26.2 Å². The molecule has 1 fully saturated rings. The van der Waals surface area contributed by atoms with E-state index < -0.39 is 0 Å². The van der Waals surface area contributed by atoms with E-state index in [0.717, 1.165) is 44.3 Å². The van der Waals surface area contributed by atoms with Gasteiger partial charge < -0.3 is 4.90 Å². The highest BCUT2D eigenvalue weighted by Crippen LogP contribution is 2.28. The first-order valence-corrected chi connectivity index (χ1v) is 10.2. The number of piperidine rings is 1. The highest BCUT2D eigenvalue weighted by Gasteiger charge is 2.32. The number of fused-ring (bicyclic) bond motifs is 1. The monoisotopic (exact) mass is 382 g/mol. The molecule has 0 saturated carbocycles. The molecule has 5 heteroatoms. The van der Waals surface area contributed by atoms with Crippen molar-refractivity contribution in [1.29, 1.82) is 0 Å². The fourth-order valence-corrected chi connectivity index (χ4v) is 4.42. The van der Waals surface area contributed by atoms with E-state index in [4.69, 9.17) is 0 Å². The van der Waals surface area contributed by atoms with Crippen LogP contribution in [0.3, 0.4) is 0 Å². The Morgan fingerprint density at radius 1 is 1.18 bits per heavy atom. The maximum absolute atomic E-state index is 13.9. The van der Waals surface area contributed by atoms with Gasteiger partial charge in [-0.05, 0) is 69.3 Å². The van der Waals surface area contributed by atoms with Gasteiger partial charge in [0.25, 0.3) is 5.91 Å². The molecule has 0 radical (unpaired) electrons. The Labute approximate surface area is 165 Å². The third-order valence-corrected chi connectivity index (χ3v) is 6.25. The molecule has 0 spiro atoms. The first-order valence-electron chi connectivity index (χ1n) is 10.2. The zero-order valence-electron chi connectivity index (χ0n) is 16.4. The minimum atomic E-state index is -0.288. The Kier molecular flexibility index (Phi) is 5.44. The first-order chi connectivity index (χ1) is 13.5. The smallest absolute Gasteiger partial charge is 0.254 e. The Balaban J connectivity index is 1.27. The standard InChI is InChI=1S/C23H27FN2O2/c1-16-5-7-18(8-6-16)22(27)15-25-11-9-17(10-12-25)13-26-14-20-19(23(26)28)3-2-4-21(20)24/h2-5,7,17H,6,8-15H2,1H3. The normalized spacial score (nSPS) is 20.8. The van der Waals surface area contributed by atoms with Gasteiger partial charge in [0, 0.05) is 24.2 Å². The third-order valence-electron chi connectivity index (χ3n) is 6.25. The van der Waals surface area contributed by atoms with E-state index in [9.17, 15) is 14.0 Å². The fraction of sp³-hybridized carbons (Fsp3) is 0.478. The molecule has 0 bridgehead atoms. The lowest BCUT2D eigenvalue weighted by atomic mass is 9.94.